The Morgan fingerprint density at radius 1 is 1.00 bits per heavy atom. The molecule has 0 radical (unpaired) electrons. The largest absolute Gasteiger partial charge is 0.461 e. The first-order chi connectivity index (χ1) is 24.5. The molecule has 1 spiro atoms. The van der Waals surface area contributed by atoms with Crippen LogP contribution in [0.5, 0.6) is 0 Å². The number of hydrogen-bond donors (Lipinski definition) is 3. The van der Waals surface area contributed by atoms with Crippen LogP contribution in [-0.4, -0.2) is 59.1 Å². The number of nitrogens with one attached hydrogen (secondary N) is 1. The van der Waals surface area contributed by atoms with Gasteiger partial charge in [-0.25, -0.2) is 9.59 Å². The Balaban J connectivity index is 1.51. The molecule has 6 rings (SSSR count). The summed E-state index contributed by atoms with van der Waals surface area (Å²) in [4.78, 5) is 68.5. The summed E-state index contributed by atoms with van der Waals surface area (Å²) in [5.41, 5.74) is 3.22. The summed E-state index contributed by atoms with van der Waals surface area (Å²) in [6, 6.07) is 12.7. The molecule has 1 unspecified atom stereocenters. The van der Waals surface area contributed by atoms with Crippen LogP contribution in [0.25, 0.3) is 0 Å². The summed E-state index contributed by atoms with van der Waals surface area (Å²) >= 11 is 0. The van der Waals surface area contributed by atoms with Crippen molar-refractivity contribution in [3.8, 4) is 0 Å². The van der Waals surface area contributed by atoms with E-state index in [9.17, 15) is 24.3 Å². The third kappa shape index (κ3) is 5.66. The molecule has 8 atom stereocenters. The van der Waals surface area contributed by atoms with Gasteiger partial charge in [0.2, 0.25) is 0 Å². The predicted octanol–water partition coefficient (Wildman–Crippen LogP) is 5.60. The van der Waals surface area contributed by atoms with E-state index in [-0.39, 0.29) is 56.7 Å². The molecule has 0 heterocycles. The van der Waals surface area contributed by atoms with E-state index in [1.165, 1.54) is 19.1 Å². The van der Waals surface area contributed by atoms with E-state index < -0.39 is 65.5 Å². The summed E-state index contributed by atoms with van der Waals surface area (Å²) in [6.45, 7) is 11.9. The summed E-state index contributed by atoms with van der Waals surface area (Å²) in [5.74, 6) is -4.25. The Hall–Kier alpha value is -5.03. The van der Waals surface area contributed by atoms with E-state index in [0.29, 0.717) is 12.0 Å². The zero-order chi connectivity index (χ0) is 37.9. The lowest BCUT2D eigenvalue weighted by Gasteiger charge is -2.49. The van der Waals surface area contributed by atoms with Crippen molar-refractivity contribution in [2.24, 2.45) is 34.5 Å². The van der Waals surface area contributed by atoms with Crippen LogP contribution < -0.4 is 11.1 Å². The number of Topliss-reactive ketones (excluding diaryl/α,β-unsaturated/α-hetero) is 1. The molecule has 11 heteroatoms. The van der Waals surface area contributed by atoms with Gasteiger partial charge < -0.3 is 30.4 Å². The molecule has 2 aromatic rings. The molecule has 4 N–H and O–H groups in total. The molecular formula is C41H46N2O9. The molecule has 2 saturated carbocycles. The highest BCUT2D eigenvalue weighted by atomic mass is 16.6. The molecule has 1 amide bonds. The first-order valence-corrected chi connectivity index (χ1v) is 17.6. The van der Waals surface area contributed by atoms with Gasteiger partial charge in [-0.2, -0.15) is 0 Å². The smallest absolute Gasteiger partial charge is 0.340 e. The Kier molecular flexibility index (Phi) is 9.32. The van der Waals surface area contributed by atoms with Gasteiger partial charge in [0, 0.05) is 29.7 Å². The molecule has 0 aromatic heterocycles. The van der Waals surface area contributed by atoms with Gasteiger partial charge in [0.1, 0.15) is 6.61 Å². The van der Waals surface area contributed by atoms with Gasteiger partial charge >= 0.3 is 17.9 Å². The standard InChI is InChI=1S/C41H46N2O9/c1-8-21(2)37(47)51-34-22(3)19-40-23(4)17-29-32(39(29,6)7)28(33(40)45)18-25(20-50-24(5)44)35(41(34,40)49)52-38(48)27-14-10-12-16-31(27)43-36(46)26-13-9-11-15-30(26)42/h8-16,18-19,23,28-29,32,34-35,49H,17,20,42H2,1-7H3,(H,43,46)/t23-,28?,29-,32+,34+,35-,40+,41-/m1/s1. The number of anilines is 2. The predicted molar refractivity (Wildman–Crippen MR) is 193 cm³/mol. The van der Waals surface area contributed by atoms with E-state index in [1.54, 1.807) is 75.4 Å². The highest BCUT2D eigenvalue weighted by molar-refractivity contribution is 6.10. The zero-order valence-corrected chi connectivity index (χ0v) is 30.5. The fraction of sp³-hybridized carbons (Fsp3) is 0.439. The lowest BCUT2D eigenvalue weighted by atomic mass is 9.59. The van der Waals surface area contributed by atoms with Crippen LogP contribution in [0.4, 0.5) is 11.4 Å². The first kappa shape index (κ1) is 36.8. The molecule has 52 heavy (non-hydrogen) atoms. The average Bonchev–Trinajstić information content (AvgIpc) is 3.60. The van der Waals surface area contributed by atoms with Crippen molar-refractivity contribution in [3.63, 3.8) is 0 Å². The molecule has 274 valence electrons. The van der Waals surface area contributed by atoms with Crippen LogP contribution in [-0.2, 0) is 28.6 Å². The first-order valence-electron chi connectivity index (χ1n) is 17.6. The van der Waals surface area contributed by atoms with Gasteiger partial charge in [-0.3, -0.25) is 14.4 Å². The van der Waals surface area contributed by atoms with Crippen molar-refractivity contribution in [1.29, 1.82) is 0 Å². The highest BCUT2D eigenvalue weighted by Gasteiger charge is 2.77. The molecule has 0 saturated heterocycles. The number of fused-ring (bicyclic) bond motifs is 3. The molecule has 2 bridgehead atoms. The van der Waals surface area contributed by atoms with Crippen molar-refractivity contribution in [1.82, 2.24) is 0 Å². The second-order valence-electron chi connectivity index (χ2n) is 15.2. The van der Waals surface area contributed by atoms with Crippen molar-refractivity contribution >= 4 is 41.0 Å². The Morgan fingerprint density at radius 2 is 1.65 bits per heavy atom. The summed E-state index contributed by atoms with van der Waals surface area (Å²) in [5, 5.41) is 16.2. The Bertz CT molecular complexity index is 1960. The maximum absolute atomic E-state index is 15.2. The number of ether oxygens (including phenoxy) is 3. The van der Waals surface area contributed by atoms with Crippen LogP contribution in [0.15, 0.2) is 83.5 Å². The monoisotopic (exact) mass is 710 g/mol. The third-order valence-electron chi connectivity index (χ3n) is 11.9. The van der Waals surface area contributed by atoms with Gasteiger partial charge in [-0.15, -0.1) is 0 Å². The highest BCUT2D eigenvalue weighted by Crippen LogP contribution is 2.72. The zero-order valence-electron chi connectivity index (χ0n) is 30.5. The SMILES string of the molecule is CC=C(C)C(=O)O[C@H]1C(C)=C[C@]23C(=O)C(C=C(COC(C)=O)[C@@H](OC(=O)c4ccccc4NC(=O)c4ccccc4N)[C@]12O)[C@H]1[C@@H](C[C@H]3C)C1(C)C. The maximum atomic E-state index is 15.2. The molecule has 2 fully saturated rings. The Morgan fingerprint density at radius 3 is 2.31 bits per heavy atom. The minimum Gasteiger partial charge on any atom is -0.461 e. The van der Waals surface area contributed by atoms with Gasteiger partial charge in [0.05, 0.1) is 22.2 Å². The number of benzene rings is 2. The van der Waals surface area contributed by atoms with Crippen molar-refractivity contribution in [2.45, 2.75) is 72.7 Å². The fourth-order valence-corrected chi connectivity index (χ4v) is 9.06. The maximum Gasteiger partial charge on any atom is 0.340 e. The second-order valence-corrected chi connectivity index (χ2v) is 15.2. The van der Waals surface area contributed by atoms with Crippen LogP contribution in [0.2, 0.25) is 0 Å². The second kappa shape index (κ2) is 13.2. The number of para-hydroxylation sites is 2. The third-order valence-corrected chi connectivity index (χ3v) is 11.9. The number of allylic oxidation sites excluding steroid dienone is 2. The number of ketones is 1. The molecule has 11 nitrogen and oxygen atoms in total. The molecule has 4 aliphatic rings. The van der Waals surface area contributed by atoms with E-state index >= 15 is 4.79 Å². The van der Waals surface area contributed by atoms with Crippen LogP contribution in [0, 0.1) is 34.5 Å². The lowest BCUT2D eigenvalue weighted by Crippen LogP contribution is -2.66. The minimum atomic E-state index is -2.36. The summed E-state index contributed by atoms with van der Waals surface area (Å²) < 4.78 is 17.9. The van der Waals surface area contributed by atoms with Gasteiger partial charge in [0.15, 0.2) is 23.6 Å². The molecular weight excluding hydrogens is 664 g/mol. The number of carbonyl (C=O) groups is 5. The van der Waals surface area contributed by atoms with Crippen molar-refractivity contribution < 1.29 is 43.3 Å². The minimum absolute atomic E-state index is 0.0528. The van der Waals surface area contributed by atoms with Gasteiger partial charge in [-0.1, -0.05) is 63.3 Å². The van der Waals surface area contributed by atoms with Gasteiger partial charge in [0.25, 0.3) is 5.91 Å². The lowest BCUT2D eigenvalue weighted by molar-refractivity contribution is -0.202. The van der Waals surface area contributed by atoms with Crippen LogP contribution >= 0.6 is 0 Å². The van der Waals surface area contributed by atoms with Crippen molar-refractivity contribution in [3.05, 3.63) is 94.6 Å². The molecule has 2 aromatic carbocycles. The molecule has 0 aliphatic heterocycles. The van der Waals surface area contributed by atoms with E-state index in [2.05, 4.69) is 19.2 Å². The van der Waals surface area contributed by atoms with E-state index in [0.717, 1.165) is 0 Å². The summed E-state index contributed by atoms with van der Waals surface area (Å²) in [6.07, 6.45) is 2.50. The Labute approximate surface area is 303 Å². The topological polar surface area (TPSA) is 171 Å². The van der Waals surface area contributed by atoms with Gasteiger partial charge in [-0.05, 0) is 80.2 Å². The fourth-order valence-electron chi connectivity index (χ4n) is 9.06. The number of rotatable bonds is 8. The van der Waals surface area contributed by atoms with E-state index in [4.69, 9.17) is 19.9 Å². The van der Waals surface area contributed by atoms with Crippen molar-refractivity contribution in [2.75, 3.05) is 17.7 Å². The number of carbonyl (C=O) groups excluding carboxylic acids is 5. The van der Waals surface area contributed by atoms with E-state index in [1.807, 2.05) is 6.92 Å². The number of aliphatic hydroxyl groups is 1. The van der Waals surface area contributed by atoms with Crippen LogP contribution in [0.1, 0.15) is 75.6 Å². The number of nitrogens with two attached hydrogens (primary N) is 1. The number of hydrogen-bond acceptors (Lipinski definition) is 10. The average molecular weight is 711 g/mol. The quantitative estimate of drug-likeness (QED) is 0.103. The summed E-state index contributed by atoms with van der Waals surface area (Å²) in [7, 11) is 0. The number of amides is 1. The molecule has 4 aliphatic carbocycles. The number of nitrogen functional groups attached to an aromatic ring is 1. The number of esters is 3. The normalized spacial score (nSPS) is 31.4. The van der Waals surface area contributed by atoms with Crippen LogP contribution in [0.3, 0.4) is 0 Å².